The zero-order valence-corrected chi connectivity index (χ0v) is 8.93. The van der Waals surface area contributed by atoms with Crippen LogP contribution in [0.15, 0.2) is 24.3 Å². The predicted octanol–water partition coefficient (Wildman–Crippen LogP) is 1.68. The second-order valence-corrected chi connectivity index (χ2v) is 3.07. The van der Waals surface area contributed by atoms with Gasteiger partial charge in [0.1, 0.15) is 5.75 Å². The van der Waals surface area contributed by atoms with Crippen molar-refractivity contribution in [2.24, 2.45) is 0 Å². The molecule has 92 valence electrons. The van der Waals surface area contributed by atoms with E-state index in [0.717, 1.165) is 0 Å². The fourth-order valence-corrected chi connectivity index (χ4v) is 1.08. The molecular formula is C11H10F2O4. The average molecular weight is 244 g/mol. The summed E-state index contributed by atoms with van der Waals surface area (Å²) in [7, 11) is 1.23. The molecule has 0 bridgehead atoms. The molecule has 6 heteroatoms. The highest BCUT2D eigenvalue weighted by atomic mass is 19.3. The van der Waals surface area contributed by atoms with E-state index in [1.807, 2.05) is 0 Å². The number of aldehydes is 1. The van der Waals surface area contributed by atoms with Gasteiger partial charge in [0.25, 0.3) is 6.43 Å². The van der Waals surface area contributed by atoms with Crippen molar-refractivity contribution in [2.75, 3.05) is 7.11 Å². The first-order valence-corrected chi connectivity index (χ1v) is 4.67. The van der Waals surface area contributed by atoms with E-state index < -0.39 is 18.5 Å². The van der Waals surface area contributed by atoms with Gasteiger partial charge in [-0.15, -0.1) is 0 Å². The third-order valence-electron chi connectivity index (χ3n) is 1.93. The molecule has 0 aliphatic carbocycles. The molecule has 0 radical (unpaired) electrons. The third kappa shape index (κ3) is 3.51. The normalized spacial score (nSPS) is 12.0. The first kappa shape index (κ1) is 13.1. The number of halogens is 2. The Morgan fingerprint density at radius 2 is 1.88 bits per heavy atom. The largest absolute Gasteiger partial charge is 0.477 e. The van der Waals surface area contributed by atoms with Crippen LogP contribution >= 0.6 is 0 Å². The molecule has 17 heavy (non-hydrogen) atoms. The summed E-state index contributed by atoms with van der Waals surface area (Å²) in [4.78, 5) is 21.4. The fraction of sp³-hybridized carbons (Fsp3) is 0.273. The minimum Gasteiger partial charge on any atom is -0.477 e. The highest BCUT2D eigenvalue weighted by molar-refractivity contribution is 5.89. The SMILES string of the molecule is COC(=O)c1ccc(OC(C=O)C(F)F)cc1. The highest BCUT2D eigenvalue weighted by Gasteiger charge is 2.21. The maximum Gasteiger partial charge on any atom is 0.337 e. The molecule has 0 saturated heterocycles. The van der Waals surface area contributed by atoms with Gasteiger partial charge in [-0.3, -0.25) is 4.79 Å². The monoisotopic (exact) mass is 244 g/mol. The van der Waals surface area contributed by atoms with Crippen molar-refractivity contribution in [3.05, 3.63) is 29.8 Å². The van der Waals surface area contributed by atoms with Crippen LogP contribution in [-0.2, 0) is 9.53 Å². The van der Waals surface area contributed by atoms with E-state index in [1.165, 1.54) is 31.4 Å². The van der Waals surface area contributed by atoms with Gasteiger partial charge in [0.05, 0.1) is 12.7 Å². The highest BCUT2D eigenvalue weighted by Crippen LogP contribution is 2.16. The number of hydrogen-bond donors (Lipinski definition) is 0. The van der Waals surface area contributed by atoms with Crippen LogP contribution in [0.1, 0.15) is 10.4 Å². The average Bonchev–Trinajstić information content (AvgIpc) is 2.35. The number of rotatable bonds is 5. The Morgan fingerprint density at radius 3 is 2.29 bits per heavy atom. The number of carbonyl (C=O) groups is 2. The van der Waals surface area contributed by atoms with Crippen molar-refractivity contribution in [1.29, 1.82) is 0 Å². The summed E-state index contributed by atoms with van der Waals surface area (Å²) in [6.07, 6.45) is -4.68. The molecule has 4 nitrogen and oxygen atoms in total. The first-order valence-electron chi connectivity index (χ1n) is 4.67. The predicted molar refractivity (Wildman–Crippen MR) is 54.3 cm³/mol. The van der Waals surface area contributed by atoms with Crippen molar-refractivity contribution >= 4 is 12.3 Å². The van der Waals surface area contributed by atoms with Crippen molar-refractivity contribution in [3.63, 3.8) is 0 Å². The first-order chi connectivity index (χ1) is 8.08. The molecule has 1 aromatic carbocycles. The Hall–Kier alpha value is -1.98. The Labute approximate surface area is 96.1 Å². The Bertz CT molecular complexity index is 389. The van der Waals surface area contributed by atoms with Gasteiger partial charge in [-0.1, -0.05) is 0 Å². The van der Waals surface area contributed by atoms with Crippen LogP contribution in [0.4, 0.5) is 8.78 Å². The number of methoxy groups -OCH3 is 1. The van der Waals surface area contributed by atoms with Crippen LogP contribution in [0, 0.1) is 0 Å². The number of esters is 1. The lowest BCUT2D eigenvalue weighted by Crippen LogP contribution is -2.26. The van der Waals surface area contributed by atoms with E-state index in [-0.39, 0.29) is 17.6 Å². The number of ether oxygens (including phenoxy) is 2. The molecule has 0 aliphatic heterocycles. The number of alkyl halides is 2. The molecule has 0 N–H and O–H groups in total. The summed E-state index contributed by atoms with van der Waals surface area (Å²) >= 11 is 0. The van der Waals surface area contributed by atoms with Gasteiger partial charge in [-0.05, 0) is 24.3 Å². The molecule has 1 aromatic rings. The quantitative estimate of drug-likeness (QED) is 0.584. The second-order valence-electron chi connectivity index (χ2n) is 3.07. The molecule has 0 heterocycles. The lowest BCUT2D eigenvalue weighted by Gasteiger charge is -2.12. The van der Waals surface area contributed by atoms with Crippen LogP contribution < -0.4 is 4.74 Å². The molecule has 0 saturated carbocycles. The van der Waals surface area contributed by atoms with Crippen molar-refractivity contribution in [2.45, 2.75) is 12.5 Å². The smallest absolute Gasteiger partial charge is 0.337 e. The van der Waals surface area contributed by atoms with Crippen LogP contribution in [-0.4, -0.2) is 31.9 Å². The van der Waals surface area contributed by atoms with Gasteiger partial charge in [0.15, 0.2) is 6.29 Å². The Balaban J connectivity index is 2.74. The van der Waals surface area contributed by atoms with Gasteiger partial charge in [-0.25, -0.2) is 13.6 Å². The zero-order valence-electron chi connectivity index (χ0n) is 8.93. The summed E-state index contributed by atoms with van der Waals surface area (Å²) in [6.45, 7) is 0. The minimum atomic E-state index is -2.90. The van der Waals surface area contributed by atoms with Crippen LogP contribution in [0.25, 0.3) is 0 Å². The van der Waals surface area contributed by atoms with Gasteiger partial charge in [-0.2, -0.15) is 0 Å². The molecule has 0 spiro atoms. The van der Waals surface area contributed by atoms with Gasteiger partial charge >= 0.3 is 5.97 Å². The summed E-state index contributed by atoms with van der Waals surface area (Å²) < 4.78 is 33.6. The van der Waals surface area contributed by atoms with Gasteiger partial charge in [0, 0.05) is 0 Å². The lowest BCUT2D eigenvalue weighted by molar-refractivity contribution is -0.119. The maximum absolute atomic E-state index is 12.2. The van der Waals surface area contributed by atoms with Gasteiger partial charge in [0.2, 0.25) is 6.10 Å². The standard InChI is InChI=1S/C11H10F2O4/c1-16-11(15)7-2-4-8(5-3-7)17-9(6-14)10(12)13/h2-6,9-10H,1H3. The summed E-state index contributed by atoms with van der Waals surface area (Å²) in [6, 6.07) is 5.33. The van der Waals surface area contributed by atoms with E-state index in [4.69, 9.17) is 4.74 Å². The minimum absolute atomic E-state index is 0.0267. The molecular weight excluding hydrogens is 234 g/mol. The van der Waals surface area contributed by atoms with Crippen LogP contribution in [0.3, 0.4) is 0 Å². The number of hydrogen-bond acceptors (Lipinski definition) is 4. The number of benzene rings is 1. The van der Waals surface area contributed by atoms with E-state index in [1.54, 1.807) is 0 Å². The Kier molecular flexibility index (Phi) is 4.56. The van der Waals surface area contributed by atoms with Crippen LogP contribution in [0.5, 0.6) is 5.75 Å². The molecule has 1 atom stereocenters. The Morgan fingerprint density at radius 1 is 1.29 bits per heavy atom. The summed E-state index contributed by atoms with van der Waals surface area (Å²) in [5, 5.41) is 0. The van der Waals surface area contributed by atoms with Crippen LogP contribution in [0.2, 0.25) is 0 Å². The lowest BCUT2D eigenvalue weighted by atomic mass is 10.2. The van der Waals surface area contributed by atoms with Gasteiger partial charge < -0.3 is 9.47 Å². The summed E-state index contributed by atoms with van der Waals surface area (Å²) in [5.74, 6) is -0.465. The molecule has 0 aliphatic rings. The van der Waals surface area contributed by atoms with Crippen molar-refractivity contribution in [1.82, 2.24) is 0 Å². The second kappa shape index (κ2) is 5.93. The topological polar surface area (TPSA) is 52.6 Å². The maximum atomic E-state index is 12.2. The van der Waals surface area contributed by atoms with E-state index in [0.29, 0.717) is 0 Å². The van der Waals surface area contributed by atoms with E-state index in [2.05, 4.69) is 4.74 Å². The molecule has 1 unspecified atom stereocenters. The molecule has 0 aromatic heterocycles. The number of carbonyl (C=O) groups excluding carboxylic acids is 2. The van der Waals surface area contributed by atoms with E-state index >= 15 is 0 Å². The molecule has 0 amide bonds. The van der Waals surface area contributed by atoms with Crippen molar-refractivity contribution in [3.8, 4) is 5.75 Å². The third-order valence-corrected chi connectivity index (χ3v) is 1.93. The zero-order chi connectivity index (χ0) is 12.8. The van der Waals surface area contributed by atoms with Crippen molar-refractivity contribution < 1.29 is 27.8 Å². The summed E-state index contributed by atoms with van der Waals surface area (Å²) in [5.41, 5.74) is 0.263. The molecule has 0 fully saturated rings. The fourth-order valence-electron chi connectivity index (χ4n) is 1.08. The molecule has 1 rings (SSSR count). The van der Waals surface area contributed by atoms with E-state index in [9.17, 15) is 18.4 Å².